The molecule has 0 spiro atoms. The van der Waals surface area contributed by atoms with E-state index in [-0.39, 0.29) is 17.7 Å². The molecule has 2 N–H and O–H groups in total. The largest absolute Gasteiger partial charge is 0.398 e. The van der Waals surface area contributed by atoms with Gasteiger partial charge < -0.3 is 5.73 Å². The van der Waals surface area contributed by atoms with Crippen LogP contribution in [0.5, 0.6) is 0 Å². The van der Waals surface area contributed by atoms with E-state index in [9.17, 15) is 13.6 Å². The molecule has 1 heterocycles. The lowest BCUT2D eigenvalue weighted by molar-refractivity contribution is 0.110. The maximum Gasteiger partial charge on any atom is 0.268 e. The van der Waals surface area contributed by atoms with Crippen molar-refractivity contribution < 1.29 is 13.6 Å². The molecule has 0 saturated carbocycles. The molecule has 0 unspecified atom stereocenters. The van der Waals surface area contributed by atoms with Crippen LogP contribution >= 0.6 is 15.9 Å². The van der Waals surface area contributed by atoms with E-state index in [1.165, 1.54) is 6.07 Å². The van der Waals surface area contributed by atoms with Crippen molar-refractivity contribution in [2.45, 2.75) is 11.8 Å². The zero-order chi connectivity index (χ0) is 10.7. The Labute approximate surface area is 87.4 Å². The molecule has 0 aliphatic heterocycles. The van der Waals surface area contributed by atoms with E-state index in [4.69, 9.17) is 5.73 Å². The number of nitrogens with two attached hydrogens (primary N) is 1. The van der Waals surface area contributed by atoms with Crippen LogP contribution in [0.4, 0.5) is 14.5 Å². The van der Waals surface area contributed by atoms with E-state index in [1.807, 2.05) is 0 Å². The highest BCUT2D eigenvalue weighted by atomic mass is 79.9. The van der Waals surface area contributed by atoms with Gasteiger partial charge in [-0.3, -0.25) is 4.79 Å². The molecule has 0 saturated heterocycles. The minimum absolute atomic E-state index is 0.105. The second-order valence-corrected chi connectivity index (χ2v) is 3.11. The number of hydrogen-bond acceptors (Lipinski definition) is 3. The van der Waals surface area contributed by atoms with Crippen LogP contribution in [-0.2, 0) is 5.33 Å². The number of carbonyl (C=O) groups excluding carboxylic acids is 1. The van der Waals surface area contributed by atoms with Crippen LogP contribution in [-0.4, -0.2) is 11.3 Å². The molecule has 0 radical (unpaired) electrons. The molecule has 1 rings (SSSR count). The predicted molar refractivity (Wildman–Crippen MR) is 51.6 cm³/mol. The van der Waals surface area contributed by atoms with Crippen LogP contribution in [0, 0.1) is 0 Å². The molecule has 76 valence electrons. The van der Waals surface area contributed by atoms with E-state index in [2.05, 4.69) is 20.9 Å². The lowest BCUT2D eigenvalue weighted by Gasteiger charge is -2.08. The quantitative estimate of drug-likeness (QED) is 0.674. The summed E-state index contributed by atoms with van der Waals surface area (Å²) >= 11 is 3.10. The lowest BCUT2D eigenvalue weighted by Crippen LogP contribution is -2.05. The van der Waals surface area contributed by atoms with Crippen molar-refractivity contribution in [3.63, 3.8) is 0 Å². The van der Waals surface area contributed by atoms with Crippen LogP contribution in [0.15, 0.2) is 6.07 Å². The van der Waals surface area contributed by atoms with Gasteiger partial charge in [-0.05, 0) is 6.07 Å². The normalized spacial score (nSPS) is 10.6. The SMILES string of the molecule is Nc1cc(CBr)nc(C=O)c1C(F)F. The first-order valence-corrected chi connectivity index (χ1v) is 4.81. The summed E-state index contributed by atoms with van der Waals surface area (Å²) in [5.74, 6) is 0. The molecule has 0 aliphatic carbocycles. The fourth-order valence-corrected chi connectivity index (χ4v) is 1.34. The van der Waals surface area contributed by atoms with Gasteiger partial charge in [-0.15, -0.1) is 0 Å². The minimum Gasteiger partial charge on any atom is -0.398 e. The van der Waals surface area contributed by atoms with Gasteiger partial charge in [-0.2, -0.15) is 0 Å². The summed E-state index contributed by atoms with van der Waals surface area (Å²) in [7, 11) is 0. The summed E-state index contributed by atoms with van der Waals surface area (Å²) in [6, 6.07) is 1.32. The van der Waals surface area contributed by atoms with E-state index in [0.717, 1.165) is 0 Å². The van der Waals surface area contributed by atoms with Crippen LogP contribution in [0.3, 0.4) is 0 Å². The first-order valence-electron chi connectivity index (χ1n) is 3.68. The van der Waals surface area contributed by atoms with Gasteiger partial charge in [0.15, 0.2) is 6.29 Å². The van der Waals surface area contributed by atoms with Crippen LogP contribution in [0.1, 0.15) is 28.2 Å². The van der Waals surface area contributed by atoms with Crippen molar-refractivity contribution in [3.8, 4) is 0 Å². The molecule has 6 heteroatoms. The molecule has 0 fully saturated rings. The second-order valence-electron chi connectivity index (χ2n) is 2.55. The Balaban J connectivity index is 3.34. The molecule has 0 aromatic carbocycles. The Bertz CT molecular complexity index is 357. The average Bonchev–Trinajstić information content (AvgIpc) is 2.15. The third kappa shape index (κ3) is 2.06. The van der Waals surface area contributed by atoms with Gasteiger partial charge in [-0.25, -0.2) is 13.8 Å². The van der Waals surface area contributed by atoms with Crippen molar-refractivity contribution in [2.24, 2.45) is 0 Å². The summed E-state index contributed by atoms with van der Waals surface area (Å²) in [5, 5.41) is 0.363. The Morgan fingerprint density at radius 1 is 1.64 bits per heavy atom. The first-order chi connectivity index (χ1) is 6.60. The molecule has 0 bridgehead atoms. The van der Waals surface area contributed by atoms with E-state index < -0.39 is 12.0 Å². The van der Waals surface area contributed by atoms with E-state index in [1.54, 1.807) is 0 Å². The highest BCUT2D eigenvalue weighted by Crippen LogP contribution is 2.27. The number of nitrogen functional groups attached to an aromatic ring is 1. The maximum atomic E-state index is 12.4. The number of nitrogens with zero attached hydrogens (tertiary/aromatic N) is 1. The number of anilines is 1. The summed E-state index contributed by atoms with van der Waals surface area (Å²) < 4.78 is 24.8. The fourth-order valence-electron chi connectivity index (χ4n) is 1.05. The topological polar surface area (TPSA) is 56.0 Å². The molecule has 1 aromatic heterocycles. The first kappa shape index (κ1) is 11.0. The van der Waals surface area contributed by atoms with Crippen molar-refractivity contribution >= 4 is 27.9 Å². The molecule has 0 aliphatic rings. The molecule has 0 atom stereocenters. The van der Waals surface area contributed by atoms with E-state index in [0.29, 0.717) is 11.0 Å². The van der Waals surface area contributed by atoms with Crippen molar-refractivity contribution in [2.75, 3.05) is 5.73 Å². The number of aldehydes is 1. The molecule has 0 amide bonds. The van der Waals surface area contributed by atoms with Gasteiger partial charge in [0.2, 0.25) is 0 Å². The summed E-state index contributed by atoms with van der Waals surface area (Å²) in [5.41, 5.74) is 4.93. The van der Waals surface area contributed by atoms with E-state index >= 15 is 0 Å². The monoisotopic (exact) mass is 264 g/mol. The molecular formula is C8H7BrF2N2O. The van der Waals surface area contributed by atoms with Gasteiger partial charge >= 0.3 is 0 Å². The predicted octanol–water partition coefficient (Wildman–Crippen LogP) is 2.31. The zero-order valence-corrected chi connectivity index (χ0v) is 8.59. The Morgan fingerprint density at radius 3 is 2.71 bits per heavy atom. The lowest BCUT2D eigenvalue weighted by atomic mass is 10.1. The van der Waals surface area contributed by atoms with Gasteiger partial charge in [0, 0.05) is 11.0 Å². The summed E-state index contributed by atoms with van der Waals surface area (Å²) in [4.78, 5) is 14.2. The van der Waals surface area contributed by atoms with Crippen LogP contribution < -0.4 is 5.73 Å². The van der Waals surface area contributed by atoms with Crippen molar-refractivity contribution in [1.82, 2.24) is 4.98 Å². The number of pyridine rings is 1. The number of carbonyl (C=O) groups is 1. The molecular weight excluding hydrogens is 258 g/mol. The Morgan fingerprint density at radius 2 is 2.29 bits per heavy atom. The second kappa shape index (κ2) is 4.45. The molecule has 1 aromatic rings. The van der Waals surface area contributed by atoms with Crippen molar-refractivity contribution in [1.29, 1.82) is 0 Å². The number of aromatic nitrogens is 1. The smallest absolute Gasteiger partial charge is 0.268 e. The highest BCUT2D eigenvalue weighted by Gasteiger charge is 2.18. The minimum atomic E-state index is -2.79. The highest BCUT2D eigenvalue weighted by molar-refractivity contribution is 9.08. The van der Waals surface area contributed by atoms with Gasteiger partial charge in [0.05, 0.1) is 11.3 Å². The van der Waals surface area contributed by atoms with Crippen LogP contribution in [0.2, 0.25) is 0 Å². The molecule has 14 heavy (non-hydrogen) atoms. The van der Waals surface area contributed by atoms with Crippen molar-refractivity contribution in [3.05, 3.63) is 23.0 Å². The summed E-state index contributed by atoms with van der Waals surface area (Å²) in [6.07, 6.45) is -2.50. The number of hydrogen-bond donors (Lipinski definition) is 1. The number of halogens is 3. The fraction of sp³-hybridized carbons (Fsp3) is 0.250. The maximum absolute atomic E-state index is 12.4. The summed E-state index contributed by atoms with van der Waals surface area (Å²) in [6.45, 7) is 0. The Kier molecular flexibility index (Phi) is 3.51. The average molecular weight is 265 g/mol. The standard InChI is InChI=1S/C8H7BrF2N2O/c9-2-4-1-5(12)7(8(10)11)6(3-14)13-4/h1,3,8H,2H2,(H2,12,13). The van der Waals surface area contributed by atoms with Gasteiger partial charge in [0.1, 0.15) is 5.69 Å². The zero-order valence-electron chi connectivity index (χ0n) is 7.01. The van der Waals surface area contributed by atoms with Crippen LogP contribution in [0.25, 0.3) is 0 Å². The molecule has 3 nitrogen and oxygen atoms in total. The Hall–Kier alpha value is -1.04. The third-order valence-electron chi connectivity index (χ3n) is 1.64. The number of rotatable bonds is 3. The van der Waals surface area contributed by atoms with Gasteiger partial charge in [0.25, 0.3) is 6.43 Å². The van der Waals surface area contributed by atoms with Gasteiger partial charge in [-0.1, -0.05) is 15.9 Å². The number of alkyl halides is 3. The third-order valence-corrected chi connectivity index (χ3v) is 2.21.